The minimum absolute atomic E-state index is 0.565. The van der Waals surface area contributed by atoms with Crippen molar-refractivity contribution >= 4 is 0 Å². The van der Waals surface area contributed by atoms with Gasteiger partial charge in [-0.3, -0.25) is 4.68 Å². The van der Waals surface area contributed by atoms with E-state index in [0.717, 1.165) is 6.54 Å². The largest absolute Gasteiger partial charge is 0.493 e. The van der Waals surface area contributed by atoms with Gasteiger partial charge < -0.3 is 19.2 Å². The van der Waals surface area contributed by atoms with E-state index in [0.29, 0.717) is 23.6 Å². The molecule has 0 radical (unpaired) electrons. The first kappa shape index (κ1) is 14.6. The summed E-state index contributed by atoms with van der Waals surface area (Å²) in [6.45, 7) is 3.20. The zero-order chi connectivity index (χ0) is 14.8. The Bertz CT molecular complexity index is 544. The maximum absolute atomic E-state index is 10.9. The maximum Gasteiger partial charge on any atom is 0.163 e. The van der Waals surface area contributed by atoms with Crippen molar-refractivity contribution in [3.63, 3.8) is 0 Å². The molecule has 2 aromatic heterocycles. The van der Waals surface area contributed by atoms with E-state index in [1.807, 2.05) is 14.1 Å². The van der Waals surface area contributed by atoms with Crippen molar-refractivity contribution in [1.29, 1.82) is 0 Å². The van der Waals surface area contributed by atoms with Gasteiger partial charge in [-0.15, -0.1) is 0 Å². The minimum atomic E-state index is -1.22. The van der Waals surface area contributed by atoms with Gasteiger partial charge >= 0.3 is 0 Å². The van der Waals surface area contributed by atoms with Crippen LogP contribution in [0.4, 0.5) is 0 Å². The van der Waals surface area contributed by atoms with E-state index in [1.54, 1.807) is 31.0 Å². The quantitative estimate of drug-likeness (QED) is 0.863. The summed E-state index contributed by atoms with van der Waals surface area (Å²) < 4.78 is 12.2. The Labute approximate surface area is 118 Å². The lowest BCUT2D eigenvalue weighted by molar-refractivity contribution is 0.0870. The topological polar surface area (TPSA) is 63.7 Å². The molecule has 110 valence electrons. The standard InChI is InChI=1S/C14H21N3O3/c1-14(18,11-5-8-20-10-11)13-12(19-4)9-15-17(13)7-6-16(2)3/h5,8-10,18H,6-7H2,1-4H3. The molecule has 20 heavy (non-hydrogen) atoms. The molecule has 1 unspecified atom stereocenters. The first-order valence-corrected chi connectivity index (χ1v) is 6.47. The summed E-state index contributed by atoms with van der Waals surface area (Å²) in [5.41, 5.74) is 0.0758. The maximum atomic E-state index is 10.9. The fourth-order valence-corrected chi connectivity index (χ4v) is 2.15. The Morgan fingerprint density at radius 1 is 1.50 bits per heavy atom. The average molecular weight is 279 g/mol. The molecule has 0 aliphatic heterocycles. The molecule has 0 bridgehead atoms. The zero-order valence-electron chi connectivity index (χ0n) is 12.3. The summed E-state index contributed by atoms with van der Waals surface area (Å²) in [6.07, 6.45) is 4.69. The molecule has 0 aliphatic carbocycles. The van der Waals surface area contributed by atoms with Crippen LogP contribution in [0.3, 0.4) is 0 Å². The van der Waals surface area contributed by atoms with Crippen LogP contribution in [-0.2, 0) is 12.1 Å². The third kappa shape index (κ3) is 2.71. The van der Waals surface area contributed by atoms with Crippen molar-refractivity contribution < 1.29 is 14.3 Å². The Morgan fingerprint density at radius 3 is 2.80 bits per heavy atom. The highest BCUT2D eigenvalue weighted by molar-refractivity contribution is 5.38. The molecular formula is C14H21N3O3. The second-order valence-corrected chi connectivity index (χ2v) is 5.17. The first-order chi connectivity index (χ1) is 9.46. The number of aromatic nitrogens is 2. The van der Waals surface area contributed by atoms with Crippen molar-refractivity contribution in [2.75, 3.05) is 27.7 Å². The lowest BCUT2D eigenvalue weighted by atomic mass is 9.94. The van der Waals surface area contributed by atoms with Crippen LogP contribution in [0.25, 0.3) is 0 Å². The van der Waals surface area contributed by atoms with Crippen molar-refractivity contribution in [2.24, 2.45) is 0 Å². The normalized spacial score (nSPS) is 14.5. The molecule has 0 spiro atoms. The lowest BCUT2D eigenvalue weighted by Gasteiger charge is -2.24. The van der Waals surface area contributed by atoms with Crippen molar-refractivity contribution in [2.45, 2.75) is 19.1 Å². The van der Waals surface area contributed by atoms with Crippen LogP contribution in [-0.4, -0.2) is 47.5 Å². The van der Waals surface area contributed by atoms with Gasteiger partial charge in [-0.1, -0.05) is 0 Å². The van der Waals surface area contributed by atoms with Crippen LogP contribution in [0.2, 0.25) is 0 Å². The van der Waals surface area contributed by atoms with Gasteiger partial charge in [-0.2, -0.15) is 5.10 Å². The van der Waals surface area contributed by atoms with Gasteiger partial charge in [-0.25, -0.2) is 0 Å². The van der Waals surface area contributed by atoms with Gasteiger partial charge in [0.2, 0.25) is 0 Å². The summed E-state index contributed by atoms with van der Waals surface area (Å²) in [6, 6.07) is 1.74. The summed E-state index contributed by atoms with van der Waals surface area (Å²) in [5.74, 6) is 0.565. The molecule has 6 heteroatoms. The highest BCUT2D eigenvalue weighted by Gasteiger charge is 2.34. The predicted molar refractivity (Wildman–Crippen MR) is 74.7 cm³/mol. The summed E-state index contributed by atoms with van der Waals surface area (Å²) in [5, 5.41) is 15.2. The predicted octanol–water partition coefficient (Wildman–Crippen LogP) is 1.30. The van der Waals surface area contributed by atoms with Gasteiger partial charge in [0.1, 0.15) is 11.3 Å². The first-order valence-electron chi connectivity index (χ1n) is 6.47. The second kappa shape index (κ2) is 5.68. The molecule has 0 fully saturated rings. The lowest BCUT2D eigenvalue weighted by Crippen LogP contribution is -2.29. The van der Waals surface area contributed by atoms with E-state index in [-0.39, 0.29) is 0 Å². The monoisotopic (exact) mass is 279 g/mol. The SMILES string of the molecule is COc1cnn(CCN(C)C)c1C(C)(O)c1ccoc1. The van der Waals surface area contributed by atoms with Crippen molar-refractivity contribution in [3.8, 4) is 5.75 Å². The number of rotatable bonds is 6. The van der Waals surface area contributed by atoms with Crippen LogP contribution >= 0.6 is 0 Å². The zero-order valence-corrected chi connectivity index (χ0v) is 12.3. The Kier molecular flexibility index (Phi) is 4.15. The van der Waals surface area contributed by atoms with E-state index >= 15 is 0 Å². The third-order valence-electron chi connectivity index (χ3n) is 3.33. The summed E-state index contributed by atoms with van der Waals surface area (Å²) in [4.78, 5) is 2.06. The highest BCUT2D eigenvalue weighted by atomic mass is 16.5. The van der Waals surface area contributed by atoms with Crippen LogP contribution in [0.5, 0.6) is 5.75 Å². The molecular weight excluding hydrogens is 258 g/mol. The fraction of sp³-hybridized carbons (Fsp3) is 0.500. The molecule has 2 aromatic rings. The van der Waals surface area contributed by atoms with Crippen LogP contribution < -0.4 is 4.74 Å². The number of likely N-dealkylation sites (N-methyl/N-ethyl adjacent to an activating group) is 1. The van der Waals surface area contributed by atoms with Gasteiger partial charge in [0, 0.05) is 12.1 Å². The van der Waals surface area contributed by atoms with Gasteiger partial charge in [0.05, 0.1) is 32.4 Å². The third-order valence-corrected chi connectivity index (χ3v) is 3.33. The average Bonchev–Trinajstić information content (AvgIpc) is 3.05. The van der Waals surface area contributed by atoms with Crippen molar-refractivity contribution in [3.05, 3.63) is 36.0 Å². The number of hydrogen-bond donors (Lipinski definition) is 1. The number of aliphatic hydroxyl groups is 1. The van der Waals surface area contributed by atoms with E-state index in [2.05, 4.69) is 10.00 Å². The highest BCUT2D eigenvalue weighted by Crippen LogP contribution is 2.35. The number of methoxy groups -OCH3 is 1. The molecule has 0 aromatic carbocycles. The van der Waals surface area contributed by atoms with Gasteiger partial charge in [0.25, 0.3) is 0 Å². The Morgan fingerprint density at radius 2 is 2.25 bits per heavy atom. The Balaban J connectivity index is 2.40. The summed E-state index contributed by atoms with van der Waals surface area (Å²) in [7, 11) is 5.56. The number of furan rings is 1. The molecule has 1 N–H and O–H groups in total. The fourth-order valence-electron chi connectivity index (χ4n) is 2.15. The van der Waals surface area contributed by atoms with E-state index in [1.165, 1.54) is 12.5 Å². The molecule has 6 nitrogen and oxygen atoms in total. The molecule has 0 aliphatic rings. The van der Waals surface area contributed by atoms with E-state index in [9.17, 15) is 5.11 Å². The number of nitrogens with zero attached hydrogens (tertiary/aromatic N) is 3. The molecule has 2 rings (SSSR count). The van der Waals surface area contributed by atoms with Gasteiger partial charge in [0.15, 0.2) is 5.75 Å². The van der Waals surface area contributed by atoms with E-state index in [4.69, 9.17) is 9.15 Å². The Hall–Kier alpha value is -1.79. The molecule has 2 heterocycles. The van der Waals surface area contributed by atoms with Crippen LogP contribution in [0, 0.1) is 0 Å². The smallest absolute Gasteiger partial charge is 0.163 e. The van der Waals surface area contributed by atoms with Gasteiger partial charge in [-0.05, 0) is 27.1 Å². The second-order valence-electron chi connectivity index (χ2n) is 5.17. The number of hydrogen-bond acceptors (Lipinski definition) is 5. The molecule has 0 saturated carbocycles. The summed E-state index contributed by atoms with van der Waals surface area (Å²) >= 11 is 0. The van der Waals surface area contributed by atoms with Crippen molar-refractivity contribution in [1.82, 2.24) is 14.7 Å². The molecule has 1 atom stereocenters. The van der Waals surface area contributed by atoms with Crippen LogP contribution in [0.1, 0.15) is 18.2 Å². The molecule has 0 amide bonds. The van der Waals surface area contributed by atoms with E-state index < -0.39 is 5.60 Å². The minimum Gasteiger partial charge on any atom is -0.493 e. The molecule has 0 saturated heterocycles. The number of ether oxygens (including phenoxy) is 1. The van der Waals surface area contributed by atoms with Crippen LogP contribution in [0.15, 0.2) is 29.2 Å².